The van der Waals surface area contributed by atoms with Crippen molar-refractivity contribution in [1.82, 2.24) is 4.31 Å². The van der Waals surface area contributed by atoms with Crippen LogP contribution in [0.5, 0.6) is 0 Å². The van der Waals surface area contributed by atoms with Crippen LogP contribution in [0.1, 0.15) is 0 Å². The maximum Gasteiger partial charge on any atom is 0.301 e. The largest absolute Gasteiger partial charge is 0.399 e. The Labute approximate surface area is 128 Å². The minimum absolute atomic E-state index is 0.347. The van der Waals surface area contributed by atoms with E-state index in [0.29, 0.717) is 46.6 Å². The van der Waals surface area contributed by atoms with Crippen molar-refractivity contribution in [3.05, 3.63) is 21.1 Å². The average Bonchev–Trinajstić information content (AvgIpc) is 2.35. The van der Waals surface area contributed by atoms with Crippen LogP contribution < -0.4 is 10.5 Å². The van der Waals surface area contributed by atoms with E-state index in [4.69, 9.17) is 10.5 Å². The van der Waals surface area contributed by atoms with Crippen LogP contribution in [0, 0.1) is 0 Å². The number of hydrogen-bond acceptors (Lipinski definition) is 4. The minimum atomic E-state index is -3.59. The van der Waals surface area contributed by atoms with E-state index in [9.17, 15) is 8.42 Å². The number of halogens is 2. The molecule has 0 amide bonds. The fourth-order valence-corrected chi connectivity index (χ4v) is 4.59. The monoisotopic (exact) mass is 413 g/mol. The number of rotatable bonds is 3. The molecule has 0 spiro atoms. The number of ether oxygens (including phenoxy) is 1. The molecule has 0 atom stereocenters. The minimum Gasteiger partial charge on any atom is -0.399 e. The van der Waals surface area contributed by atoms with Gasteiger partial charge in [0.25, 0.3) is 0 Å². The predicted octanol–water partition coefficient (Wildman–Crippen LogP) is 1.78. The van der Waals surface area contributed by atoms with Crippen molar-refractivity contribution >= 4 is 53.4 Å². The number of nitrogens with one attached hydrogen (secondary N) is 1. The molecule has 0 radical (unpaired) electrons. The first kappa shape index (κ1) is 15.0. The number of nitrogen functional groups attached to an aromatic ring is 1. The second-order valence-corrected chi connectivity index (χ2v) is 7.36. The van der Waals surface area contributed by atoms with Crippen LogP contribution in [-0.2, 0) is 14.9 Å². The molecule has 6 nitrogen and oxygen atoms in total. The Morgan fingerprint density at radius 2 is 1.74 bits per heavy atom. The molecule has 1 aromatic carbocycles. The topological polar surface area (TPSA) is 84.7 Å². The highest BCUT2D eigenvalue weighted by Gasteiger charge is 2.25. The lowest BCUT2D eigenvalue weighted by molar-refractivity contribution is 0.0733. The fraction of sp³-hybridized carbons (Fsp3) is 0.400. The van der Waals surface area contributed by atoms with Gasteiger partial charge in [-0.25, -0.2) is 0 Å². The van der Waals surface area contributed by atoms with Crippen molar-refractivity contribution in [3.8, 4) is 0 Å². The molecule has 3 N–H and O–H groups in total. The lowest BCUT2D eigenvalue weighted by atomic mass is 10.3. The summed E-state index contributed by atoms with van der Waals surface area (Å²) in [5, 5.41) is 0. The molecule has 19 heavy (non-hydrogen) atoms. The highest BCUT2D eigenvalue weighted by atomic mass is 79.9. The van der Waals surface area contributed by atoms with Crippen LogP contribution in [0.15, 0.2) is 21.1 Å². The highest BCUT2D eigenvalue weighted by molar-refractivity contribution is 9.11. The van der Waals surface area contributed by atoms with Crippen molar-refractivity contribution in [2.45, 2.75) is 0 Å². The molecule has 0 unspecified atom stereocenters. The zero-order valence-electron chi connectivity index (χ0n) is 9.90. The van der Waals surface area contributed by atoms with Crippen molar-refractivity contribution in [2.24, 2.45) is 0 Å². The van der Waals surface area contributed by atoms with E-state index < -0.39 is 10.2 Å². The Morgan fingerprint density at radius 1 is 1.21 bits per heavy atom. The highest BCUT2D eigenvalue weighted by Crippen LogP contribution is 2.34. The lowest BCUT2D eigenvalue weighted by Crippen LogP contribution is -2.43. The standard InChI is InChI=1S/C10H13Br2N3O3S/c11-8-5-7(13)6-9(12)10(8)14-19(16,17)15-1-3-18-4-2-15/h5-6,14H,1-4,13H2. The van der Waals surface area contributed by atoms with Gasteiger partial charge in [-0.2, -0.15) is 12.7 Å². The molecular formula is C10H13Br2N3O3S. The van der Waals surface area contributed by atoms with Gasteiger partial charge < -0.3 is 10.5 Å². The maximum atomic E-state index is 12.2. The summed E-state index contributed by atoms with van der Waals surface area (Å²) in [4.78, 5) is 0. The number of nitrogens with zero attached hydrogens (tertiary/aromatic N) is 1. The van der Waals surface area contributed by atoms with Gasteiger partial charge in [0.2, 0.25) is 0 Å². The van der Waals surface area contributed by atoms with Crippen LogP contribution in [0.2, 0.25) is 0 Å². The van der Waals surface area contributed by atoms with Crippen molar-refractivity contribution in [2.75, 3.05) is 36.8 Å². The summed E-state index contributed by atoms with van der Waals surface area (Å²) in [6.45, 7) is 1.51. The zero-order chi connectivity index (χ0) is 14.0. The molecule has 106 valence electrons. The Kier molecular flexibility index (Phi) is 4.72. The summed E-state index contributed by atoms with van der Waals surface area (Å²) in [6, 6.07) is 3.28. The number of morpholine rings is 1. The van der Waals surface area contributed by atoms with E-state index in [1.165, 1.54) is 4.31 Å². The zero-order valence-corrected chi connectivity index (χ0v) is 13.9. The van der Waals surface area contributed by atoms with Gasteiger partial charge in [-0.1, -0.05) is 0 Å². The third kappa shape index (κ3) is 3.60. The lowest BCUT2D eigenvalue weighted by Gasteiger charge is -2.26. The van der Waals surface area contributed by atoms with Crippen LogP contribution in [0.4, 0.5) is 11.4 Å². The van der Waals surface area contributed by atoms with E-state index in [2.05, 4.69) is 36.6 Å². The third-order valence-electron chi connectivity index (χ3n) is 2.61. The summed E-state index contributed by atoms with van der Waals surface area (Å²) in [5.74, 6) is 0. The van der Waals surface area contributed by atoms with Crippen molar-refractivity contribution in [1.29, 1.82) is 0 Å². The van der Waals surface area contributed by atoms with Crippen LogP contribution >= 0.6 is 31.9 Å². The van der Waals surface area contributed by atoms with Gasteiger partial charge in [0.05, 0.1) is 18.9 Å². The molecular weight excluding hydrogens is 402 g/mol. The predicted molar refractivity (Wildman–Crippen MR) is 81.2 cm³/mol. The Morgan fingerprint density at radius 3 is 2.26 bits per heavy atom. The molecule has 9 heteroatoms. The molecule has 0 saturated carbocycles. The molecule has 0 aromatic heterocycles. The number of benzene rings is 1. The van der Waals surface area contributed by atoms with Crippen LogP contribution in [-0.4, -0.2) is 39.0 Å². The fourth-order valence-electron chi connectivity index (χ4n) is 1.67. The van der Waals surface area contributed by atoms with E-state index >= 15 is 0 Å². The Balaban J connectivity index is 2.25. The molecule has 1 aliphatic rings. The molecule has 1 fully saturated rings. The summed E-state index contributed by atoms with van der Waals surface area (Å²) < 4.78 is 34.7. The smallest absolute Gasteiger partial charge is 0.301 e. The van der Waals surface area contributed by atoms with Crippen LogP contribution in [0.3, 0.4) is 0 Å². The molecule has 0 aliphatic carbocycles. The molecule has 1 saturated heterocycles. The first-order chi connectivity index (χ1) is 8.90. The molecule has 1 aromatic rings. The summed E-state index contributed by atoms with van der Waals surface area (Å²) in [7, 11) is -3.59. The Hall–Kier alpha value is -0.350. The van der Waals surface area contributed by atoms with Gasteiger partial charge in [0, 0.05) is 27.7 Å². The number of hydrogen-bond donors (Lipinski definition) is 2. The van der Waals surface area contributed by atoms with Gasteiger partial charge in [-0.3, -0.25) is 4.72 Å². The molecule has 1 aliphatic heterocycles. The quantitative estimate of drug-likeness (QED) is 0.738. The first-order valence-electron chi connectivity index (χ1n) is 5.50. The summed E-state index contributed by atoms with van der Waals surface area (Å²) in [6.07, 6.45) is 0. The normalized spacial score (nSPS) is 17.4. The molecule has 2 rings (SSSR count). The van der Waals surface area contributed by atoms with Crippen LogP contribution in [0.25, 0.3) is 0 Å². The van der Waals surface area contributed by atoms with Gasteiger partial charge in [0.1, 0.15) is 0 Å². The van der Waals surface area contributed by atoms with Gasteiger partial charge in [-0.05, 0) is 44.0 Å². The van der Waals surface area contributed by atoms with E-state index in [1.807, 2.05) is 0 Å². The average molecular weight is 415 g/mol. The van der Waals surface area contributed by atoms with Gasteiger partial charge in [-0.15, -0.1) is 0 Å². The van der Waals surface area contributed by atoms with Crippen molar-refractivity contribution < 1.29 is 13.2 Å². The van der Waals surface area contributed by atoms with E-state index in [1.54, 1.807) is 12.1 Å². The second kappa shape index (κ2) is 5.96. The second-order valence-electron chi connectivity index (χ2n) is 3.98. The van der Waals surface area contributed by atoms with E-state index in [-0.39, 0.29) is 0 Å². The first-order valence-corrected chi connectivity index (χ1v) is 8.53. The molecule has 0 bridgehead atoms. The van der Waals surface area contributed by atoms with Crippen molar-refractivity contribution in [3.63, 3.8) is 0 Å². The van der Waals surface area contributed by atoms with Gasteiger partial charge >= 0.3 is 10.2 Å². The Bertz CT molecular complexity index is 550. The SMILES string of the molecule is Nc1cc(Br)c(NS(=O)(=O)N2CCOCC2)c(Br)c1. The maximum absolute atomic E-state index is 12.2. The number of anilines is 2. The number of nitrogens with two attached hydrogens (primary N) is 1. The summed E-state index contributed by atoms with van der Waals surface area (Å²) >= 11 is 6.59. The summed E-state index contributed by atoms with van der Waals surface area (Å²) in [5.41, 5.74) is 6.64. The van der Waals surface area contributed by atoms with E-state index in [0.717, 1.165) is 0 Å². The third-order valence-corrected chi connectivity index (χ3v) is 5.36. The van der Waals surface area contributed by atoms with Gasteiger partial charge in [0.15, 0.2) is 0 Å². The molecule has 1 heterocycles.